The maximum atomic E-state index is 14.7. The Bertz CT molecular complexity index is 1550. The first-order valence-electron chi connectivity index (χ1n) is 13.0. The molecule has 1 saturated heterocycles. The number of hydrogen-bond acceptors (Lipinski definition) is 4. The smallest absolute Gasteiger partial charge is 0.320 e. The molecule has 0 spiro atoms. The zero-order chi connectivity index (χ0) is 26.2. The van der Waals surface area contributed by atoms with Crippen molar-refractivity contribution in [1.82, 2.24) is 29.1 Å². The second-order valence-electron chi connectivity index (χ2n) is 10.0. The minimum absolute atomic E-state index is 0.00287. The summed E-state index contributed by atoms with van der Waals surface area (Å²) >= 11 is 0. The predicted octanol–water partition coefficient (Wildman–Crippen LogP) is 3.39. The molecule has 0 radical (unpaired) electrons. The van der Waals surface area contributed by atoms with Crippen LogP contribution in [0.5, 0.6) is 0 Å². The summed E-state index contributed by atoms with van der Waals surface area (Å²) in [5.74, 6) is -0.973. The van der Waals surface area contributed by atoms with Crippen molar-refractivity contribution >= 4 is 34.3 Å². The Morgan fingerprint density at radius 2 is 1.84 bits per heavy atom. The molecule has 0 saturated carbocycles. The minimum Gasteiger partial charge on any atom is -0.348 e. The largest absolute Gasteiger partial charge is 0.348 e. The highest BCUT2D eigenvalue weighted by molar-refractivity contribution is 5.99. The fourth-order valence-electron chi connectivity index (χ4n) is 5.60. The number of hydrogen-bond donors (Lipinski definition) is 1. The van der Waals surface area contributed by atoms with Crippen molar-refractivity contribution in [3.05, 3.63) is 71.6 Å². The zero-order valence-corrected chi connectivity index (χ0v) is 21.0. The summed E-state index contributed by atoms with van der Waals surface area (Å²) in [6.45, 7) is 2.76. The average molecular weight is 517 g/mol. The SMILES string of the molecule is O=C(Cc1cn2c3c(cc(F)cc13)CN(C(=O)N1CCCCC1)CC2)NCC(=O)c1cnc2ccccn12. The van der Waals surface area contributed by atoms with E-state index >= 15 is 0 Å². The summed E-state index contributed by atoms with van der Waals surface area (Å²) in [4.78, 5) is 46.6. The fourth-order valence-corrected chi connectivity index (χ4v) is 5.60. The number of aromatic nitrogens is 3. The van der Waals surface area contributed by atoms with Gasteiger partial charge in [0.2, 0.25) is 5.91 Å². The minimum atomic E-state index is -0.401. The van der Waals surface area contributed by atoms with E-state index in [1.54, 1.807) is 21.6 Å². The van der Waals surface area contributed by atoms with Crippen molar-refractivity contribution < 1.29 is 18.8 Å². The Morgan fingerprint density at radius 1 is 1.00 bits per heavy atom. The van der Waals surface area contributed by atoms with Gasteiger partial charge < -0.3 is 19.7 Å². The fraction of sp³-hybridized carbons (Fsp3) is 0.357. The van der Waals surface area contributed by atoms with Gasteiger partial charge in [0.25, 0.3) is 0 Å². The number of Topliss-reactive ketones (excluding diaryl/α,β-unsaturated/α-hetero) is 1. The Labute approximate surface area is 218 Å². The molecule has 0 atom stereocenters. The number of likely N-dealkylation sites (tertiary alicyclic amines) is 1. The van der Waals surface area contributed by atoms with Crippen molar-refractivity contribution in [1.29, 1.82) is 0 Å². The van der Waals surface area contributed by atoms with Crippen LogP contribution in [0.2, 0.25) is 0 Å². The third-order valence-electron chi connectivity index (χ3n) is 7.47. The molecule has 2 aliphatic heterocycles. The number of nitrogens with one attached hydrogen (secondary N) is 1. The summed E-state index contributed by atoms with van der Waals surface area (Å²) in [5.41, 5.74) is 3.33. The number of imidazole rings is 1. The van der Waals surface area contributed by atoms with Gasteiger partial charge >= 0.3 is 6.03 Å². The van der Waals surface area contributed by atoms with Gasteiger partial charge in [-0.2, -0.15) is 0 Å². The van der Waals surface area contributed by atoms with Crippen molar-refractivity contribution in [3.63, 3.8) is 0 Å². The predicted molar refractivity (Wildman–Crippen MR) is 139 cm³/mol. The lowest BCUT2D eigenvalue weighted by molar-refractivity contribution is -0.120. The Morgan fingerprint density at radius 3 is 2.68 bits per heavy atom. The van der Waals surface area contributed by atoms with Crippen LogP contribution in [0.3, 0.4) is 0 Å². The van der Waals surface area contributed by atoms with E-state index in [1.165, 1.54) is 18.3 Å². The van der Waals surface area contributed by atoms with Gasteiger partial charge in [-0.15, -0.1) is 0 Å². The number of benzene rings is 1. The number of nitrogens with zero attached hydrogens (tertiary/aromatic N) is 5. The summed E-state index contributed by atoms with van der Waals surface area (Å²) < 4.78 is 18.4. The van der Waals surface area contributed by atoms with Crippen LogP contribution in [0.15, 0.2) is 48.9 Å². The van der Waals surface area contributed by atoms with Gasteiger partial charge in [0.1, 0.15) is 17.2 Å². The molecule has 3 aromatic heterocycles. The second-order valence-corrected chi connectivity index (χ2v) is 10.0. The molecule has 10 heteroatoms. The van der Waals surface area contributed by atoms with Gasteiger partial charge in [-0.25, -0.2) is 14.2 Å². The van der Waals surface area contributed by atoms with E-state index in [1.807, 2.05) is 27.8 Å². The first-order valence-corrected chi connectivity index (χ1v) is 13.0. The number of pyridine rings is 1. The third-order valence-corrected chi connectivity index (χ3v) is 7.47. The van der Waals surface area contributed by atoms with Gasteiger partial charge in [0.15, 0.2) is 5.78 Å². The first kappa shape index (κ1) is 24.1. The van der Waals surface area contributed by atoms with Crippen molar-refractivity contribution in [2.45, 2.75) is 38.8 Å². The number of carbonyl (C=O) groups excluding carboxylic acids is 3. The highest BCUT2D eigenvalue weighted by atomic mass is 19.1. The molecule has 1 N–H and O–H groups in total. The number of halogens is 1. The molecule has 38 heavy (non-hydrogen) atoms. The second kappa shape index (κ2) is 9.92. The van der Waals surface area contributed by atoms with Crippen molar-refractivity contribution in [3.8, 4) is 0 Å². The van der Waals surface area contributed by atoms with Crippen LogP contribution >= 0.6 is 0 Å². The molecule has 3 amide bonds. The van der Waals surface area contributed by atoms with Crippen LogP contribution in [0, 0.1) is 5.82 Å². The quantitative estimate of drug-likeness (QED) is 0.412. The average Bonchev–Trinajstić information content (AvgIpc) is 3.45. The molecular formula is C28H29FN6O3. The van der Waals surface area contributed by atoms with Crippen LogP contribution in [0.25, 0.3) is 16.6 Å². The van der Waals surface area contributed by atoms with E-state index in [-0.39, 0.29) is 30.7 Å². The van der Waals surface area contributed by atoms with Crippen LogP contribution < -0.4 is 5.32 Å². The molecule has 1 fully saturated rings. The number of amides is 3. The van der Waals surface area contributed by atoms with E-state index < -0.39 is 5.82 Å². The lowest BCUT2D eigenvalue weighted by Crippen LogP contribution is -2.45. The van der Waals surface area contributed by atoms with Crippen LogP contribution in [0.4, 0.5) is 9.18 Å². The van der Waals surface area contributed by atoms with E-state index in [0.29, 0.717) is 41.9 Å². The molecule has 0 unspecified atom stereocenters. The number of ketones is 1. The first-order chi connectivity index (χ1) is 18.5. The molecule has 196 valence electrons. The maximum absolute atomic E-state index is 14.7. The van der Waals surface area contributed by atoms with Crippen molar-refractivity contribution in [2.75, 3.05) is 26.2 Å². The molecule has 4 aromatic rings. The lowest BCUT2D eigenvalue weighted by atomic mass is 10.1. The maximum Gasteiger partial charge on any atom is 0.320 e. The zero-order valence-electron chi connectivity index (χ0n) is 21.0. The van der Waals surface area contributed by atoms with Gasteiger partial charge in [-0.05, 0) is 54.7 Å². The molecule has 0 bridgehead atoms. The molecule has 0 aliphatic carbocycles. The number of piperidine rings is 1. The summed E-state index contributed by atoms with van der Waals surface area (Å²) in [6, 6.07) is 8.39. The number of rotatable bonds is 5. The monoisotopic (exact) mass is 516 g/mol. The number of carbonyl (C=O) groups is 3. The topological polar surface area (TPSA) is 92.0 Å². The van der Waals surface area contributed by atoms with E-state index in [4.69, 9.17) is 0 Å². The van der Waals surface area contributed by atoms with E-state index in [9.17, 15) is 18.8 Å². The Balaban J connectivity index is 1.17. The molecular weight excluding hydrogens is 487 g/mol. The molecule has 9 nitrogen and oxygen atoms in total. The van der Waals surface area contributed by atoms with Crippen LogP contribution in [0.1, 0.15) is 40.9 Å². The summed E-state index contributed by atoms with van der Waals surface area (Å²) in [7, 11) is 0. The van der Waals surface area contributed by atoms with Crippen LogP contribution in [-0.2, 0) is 24.3 Å². The molecule has 1 aromatic carbocycles. The van der Waals surface area contributed by atoms with Crippen LogP contribution in [-0.4, -0.2) is 67.7 Å². The molecule has 5 heterocycles. The Kier molecular flexibility index (Phi) is 6.30. The molecule has 6 rings (SSSR count). The van der Waals surface area contributed by atoms with Gasteiger partial charge in [0.05, 0.1) is 24.7 Å². The number of urea groups is 1. The molecule has 2 aliphatic rings. The Hall–Kier alpha value is -4.21. The standard InChI is InChI=1S/C28H29FN6O3/c29-21-12-20-18-34(28(38)32-7-3-1-4-8-32)11-10-33-17-19(22(14-21)27(20)33)13-26(37)31-16-24(36)23-15-30-25-6-2-5-9-35(23)25/h2,5-6,9,12,14-15,17H,1,3-4,7-8,10-11,13,16,18H2,(H,31,37). The van der Waals surface area contributed by atoms with Gasteiger partial charge in [-0.3, -0.25) is 14.0 Å². The highest BCUT2D eigenvalue weighted by Gasteiger charge is 2.27. The van der Waals surface area contributed by atoms with Crippen molar-refractivity contribution in [2.24, 2.45) is 0 Å². The summed E-state index contributed by atoms with van der Waals surface area (Å²) in [5, 5.41) is 3.36. The highest BCUT2D eigenvalue weighted by Crippen LogP contribution is 2.30. The summed E-state index contributed by atoms with van der Waals surface area (Å²) in [6.07, 6.45) is 8.31. The lowest BCUT2D eigenvalue weighted by Gasteiger charge is -2.32. The normalized spacial score (nSPS) is 15.6. The van der Waals surface area contributed by atoms with Gasteiger partial charge in [0, 0.05) is 50.5 Å². The number of fused-ring (bicyclic) bond motifs is 1. The van der Waals surface area contributed by atoms with E-state index in [2.05, 4.69) is 10.3 Å². The van der Waals surface area contributed by atoms with Gasteiger partial charge in [-0.1, -0.05) is 6.07 Å². The van der Waals surface area contributed by atoms with E-state index in [0.717, 1.165) is 43.4 Å². The third kappa shape index (κ3) is 4.51.